The zero-order valence-electron chi connectivity index (χ0n) is 7.68. The molecule has 0 amide bonds. The van der Waals surface area contributed by atoms with Crippen LogP contribution in [0.3, 0.4) is 0 Å². The van der Waals surface area contributed by atoms with Gasteiger partial charge in [0.15, 0.2) is 0 Å². The van der Waals surface area contributed by atoms with Crippen molar-refractivity contribution < 1.29 is 5.11 Å². The molecule has 0 aromatic heterocycles. The maximum atomic E-state index is 9.72. The Bertz CT molecular complexity index is 309. The average molecular weight is 197 g/mol. The number of halogens is 1. The fourth-order valence-corrected chi connectivity index (χ4v) is 1.93. The minimum absolute atomic E-state index is 0.420. The van der Waals surface area contributed by atoms with E-state index < -0.39 is 5.60 Å². The Kier molecular flexibility index (Phi) is 2.09. The molecule has 1 nitrogen and oxygen atoms in total. The van der Waals surface area contributed by atoms with Gasteiger partial charge >= 0.3 is 0 Å². The number of aryl methyl sites for hydroxylation is 1. The summed E-state index contributed by atoms with van der Waals surface area (Å²) in [7, 11) is 0. The zero-order chi connectivity index (χ0) is 9.47. The summed E-state index contributed by atoms with van der Waals surface area (Å²) in [6, 6.07) is 5.95. The molecule has 0 spiro atoms. The fraction of sp³-hybridized carbons (Fsp3) is 0.455. The second-order valence-electron chi connectivity index (χ2n) is 4.04. The van der Waals surface area contributed by atoms with Crippen molar-refractivity contribution in [1.29, 1.82) is 0 Å². The van der Waals surface area contributed by atoms with Crippen LogP contribution in [0.4, 0.5) is 0 Å². The average Bonchev–Trinajstić information content (AvgIpc) is 2.64. The summed E-state index contributed by atoms with van der Waals surface area (Å²) in [6.45, 7) is 2.02. The van der Waals surface area contributed by atoms with Gasteiger partial charge in [-0.25, -0.2) is 0 Å². The Morgan fingerprint density at radius 1 is 1.38 bits per heavy atom. The Hall–Kier alpha value is -0.530. The van der Waals surface area contributed by atoms with E-state index in [1.807, 2.05) is 19.1 Å². The topological polar surface area (TPSA) is 20.2 Å². The van der Waals surface area contributed by atoms with Crippen molar-refractivity contribution in [3.05, 3.63) is 34.3 Å². The lowest BCUT2D eigenvalue weighted by molar-refractivity contribution is 0.151. The first-order valence-corrected chi connectivity index (χ1v) is 4.94. The third-order valence-corrected chi connectivity index (χ3v) is 2.68. The van der Waals surface area contributed by atoms with Gasteiger partial charge in [0.1, 0.15) is 0 Å². The van der Waals surface area contributed by atoms with Gasteiger partial charge in [0, 0.05) is 11.4 Å². The normalized spacial score (nSPS) is 18.7. The second kappa shape index (κ2) is 3.00. The van der Waals surface area contributed by atoms with Crippen molar-refractivity contribution in [2.24, 2.45) is 0 Å². The summed E-state index contributed by atoms with van der Waals surface area (Å²) in [4.78, 5) is 0. The summed E-state index contributed by atoms with van der Waals surface area (Å²) in [5, 5.41) is 10.5. The fourth-order valence-electron chi connectivity index (χ4n) is 1.62. The molecule has 0 atom stereocenters. The van der Waals surface area contributed by atoms with Crippen molar-refractivity contribution in [2.75, 3.05) is 0 Å². The van der Waals surface area contributed by atoms with E-state index >= 15 is 0 Å². The van der Waals surface area contributed by atoms with Crippen LogP contribution in [0.1, 0.15) is 24.0 Å². The van der Waals surface area contributed by atoms with Crippen molar-refractivity contribution in [3.63, 3.8) is 0 Å². The first-order valence-electron chi connectivity index (χ1n) is 4.56. The smallest absolute Gasteiger partial charge is 0.0690 e. The van der Waals surface area contributed by atoms with E-state index in [-0.39, 0.29) is 0 Å². The Morgan fingerprint density at radius 3 is 2.62 bits per heavy atom. The first-order chi connectivity index (χ1) is 6.07. The van der Waals surface area contributed by atoms with Crippen molar-refractivity contribution in [2.45, 2.75) is 31.8 Å². The quantitative estimate of drug-likeness (QED) is 0.771. The monoisotopic (exact) mass is 196 g/mol. The van der Waals surface area contributed by atoms with Crippen molar-refractivity contribution in [1.82, 2.24) is 0 Å². The van der Waals surface area contributed by atoms with Crippen molar-refractivity contribution in [3.8, 4) is 0 Å². The Morgan fingerprint density at radius 2 is 2.08 bits per heavy atom. The molecule has 1 N–H and O–H groups in total. The molecule has 0 bridgehead atoms. The van der Waals surface area contributed by atoms with Crippen molar-refractivity contribution >= 4 is 11.6 Å². The minimum Gasteiger partial charge on any atom is -0.390 e. The summed E-state index contributed by atoms with van der Waals surface area (Å²) < 4.78 is 0. The third-order valence-electron chi connectivity index (χ3n) is 2.46. The van der Waals surface area contributed by atoms with Gasteiger partial charge in [-0.15, -0.1) is 0 Å². The van der Waals surface area contributed by atoms with Crippen LogP contribution in [0.25, 0.3) is 0 Å². The minimum atomic E-state index is -0.420. The number of hydrogen-bond acceptors (Lipinski definition) is 1. The van der Waals surface area contributed by atoms with E-state index in [4.69, 9.17) is 11.6 Å². The van der Waals surface area contributed by atoms with Gasteiger partial charge in [0.05, 0.1) is 5.60 Å². The lowest BCUT2D eigenvalue weighted by atomic mass is 10.0. The third kappa shape index (κ3) is 2.23. The van der Waals surface area contributed by atoms with Gasteiger partial charge < -0.3 is 5.11 Å². The van der Waals surface area contributed by atoms with Gasteiger partial charge in [-0.05, 0) is 43.0 Å². The number of aliphatic hydroxyl groups is 1. The molecule has 0 aliphatic heterocycles. The highest BCUT2D eigenvalue weighted by molar-refractivity contribution is 6.30. The van der Waals surface area contributed by atoms with E-state index in [0.717, 1.165) is 35.4 Å². The zero-order valence-corrected chi connectivity index (χ0v) is 8.43. The SMILES string of the molecule is Cc1cc(Cl)cc(CC2(O)CC2)c1. The summed E-state index contributed by atoms with van der Waals surface area (Å²) in [6.07, 6.45) is 2.60. The van der Waals surface area contributed by atoms with E-state index in [1.165, 1.54) is 0 Å². The Balaban J connectivity index is 2.20. The molecule has 13 heavy (non-hydrogen) atoms. The highest BCUT2D eigenvalue weighted by Gasteiger charge is 2.40. The molecule has 1 fully saturated rings. The summed E-state index contributed by atoms with van der Waals surface area (Å²) >= 11 is 5.92. The van der Waals surface area contributed by atoms with E-state index in [0.29, 0.717) is 0 Å². The van der Waals surface area contributed by atoms with Gasteiger partial charge in [-0.3, -0.25) is 0 Å². The lowest BCUT2D eigenvalue weighted by Crippen LogP contribution is -2.10. The predicted molar refractivity (Wildman–Crippen MR) is 54.1 cm³/mol. The van der Waals surface area contributed by atoms with Gasteiger partial charge in [0.25, 0.3) is 0 Å². The standard InChI is InChI=1S/C11H13ClO/c1-8-4-9(6-10(12)5-8)7-11(13)2-3-11/h4-6,13H,2-3,7H2,1H3. The van der Waals surface area contributed by atoms with Gasteiger partial charge in [-0.1, -0.05) is 17.7 Å². The first kappa shape index (κ1) is 9.04. The number of benzene rings is 1. The molecular weight excluding hydrogens is 184 g/mol. The molecule has 2 heteroatoms. The van der Waals surface area contributed by atoms with Crippen LogP contribution < -0.4 is 0 Å². The predicted octanol–water partition coefficient (Wildman–Crippen LogP) is 2.72. The molecule has 0 heterocycles. The van der Waals surface area contributed by atoms with E-state index in [2.05, 4.69) is 6.07 Å². The highest BCUT2D eigenvalue weighted by Crippen LogP contribution is 2.38. The maximum absolute atomic E-state index is 9.72. The molecular formula is C11H13ClO. The van der Waals surface area contributed by atoms with Crippen LogP contribution in [0.2, 0.25) is 5.02 Å². The van der Waals surface area contributed by atoms with Crippen LogP contribution >= 0.6 is 11.6 Å². The Labute approximate surface area is 83.3 Å². The molecule has 0 saturated heterocycles. The molecule has 70 valence electrons. The number of rotatable bonds is 2. The molecule has 2 rings (SSSR count). The van der Waals surface area contributed by atoms with E-state index in [1.54, 1.807) is 0 Å². The lowest BCUT2D eigenvalue weighted by Gasteiger charge is -2.08. The molecule has 1 aliphatic carbocycles. The molecule has 1 saturated carbocycles. The second-order valence-corrected chi connectivity index (χ2v) is 4.47. The largest absolute Gasteiger partial charge is 0.390 e. The van der Waals surface area contributed by atoms with Crippen LogP contribution in [0, 0.1) is 6.92 Å². The van der Waals surface area contributed by atoms with Crippen LogP contribution in [-0.4, -0.2) is 10.7 Å². The molecule has 1 aliphatic rings. The van der Waals surface area contributed by atoms with Gasteiger partial charge in [-0.2, -0.15) is 0 Å². The maximum Gasteiger partial charge on any atom is 0.0690 e. The summed E-state index contributed by atoms with van der Waals surface area (Å²) in [5.41, 5.74) is 1.88. The van der Waals surface area contributed by atoms with E-state index in [9.17, 15) is 5.11 Å². The molecule has 0 radical (unpaired) electrons. The van der Waals surface area contributed by atoms with Crippen LogP contribution in [0.5, 0.6) is 0 Å². The van der Waals surface area contributed by atoms with Crippen LogP contribution in [-0.2, 0) is 6.42 Å². The summed E-state index contributed by atoms with van der Waals surface area (Å²) in [5.74, 6) is 0. The number of hydrogen-bond donors (Lipinski definition) is 1. The van der Waals surface area contributed by atoms with Crippen LogP contribution in [0.15, 0.2) is 18.2 Å². The highest BCUT2D eigenvalue weighted by atomic mass is 35.5. The molecule has 0 unspecified atom stereocenters. The van der Waals surface area contributed by atoms with Gasteiger partial charge in [0.2, 0.25) is 0 Å². The molecule has 1 aromatic rings. The molecule has 1 aromatic carbocycles.